The fourth-order valence-corrected chi connectivity index (χ4v) is 6.25. The van der Waals surface area contributed by atoms with Crippen LogP contribution < -0.4 is 0 Å². The van der Waals surface area contributed by atoms with Gasteiger partial charge in [-0.2, -0.15) is 0 Å². The van der Waals surface area contributed by atoms with Crippen LogP contribution in [0.2, 0.25) is 5.02 Å². The molecule has 1 fully saturated rings. The summed E-state index contributed by atoms with van der Waals surface area (Å²) < 4.78 is 2.25. The summed E-state index contributed by atoms with van der Waals surface area (Å²) in [6.45, 7) is 6.23. The molecule has 0 saturated carbocycles. The summed E-state index contributed by atoms with van der Waals surface area (Å²) in [6.07, 6.45) is 8.46. The normalized spacial score (nSPS) is 19.7. The number of benzene rings is 2. The largest absolute Gasteiger partial charge is 0.343 e. The lowest BCUT2D eigenvalue weighted by Crippen LogP contribution is -2.42. The lowest BCUT2D eigenvalue weighted by atomic mass is 9.79. The first-order valence-corrected chi connectivity index (χ1v) is 13.3. The van der Waals surface area contributed by atoms with Gasteiger partial charge in [0.15, 0.2) is 0 Å². The Balaban J connectivity index is 1.36. The Hall–Kier alpha value is -2.63. The molecule has 1 saturated heterocycles. The van der Waals surface area contributed by atoms with Crippen LogP contribution in [-0.4, -0.2) is 58.5 Å². The Morgan fingerprint density at radius 1 is 1.14 bits per heavy atom. The lowest BCUT2D eigenvalue weighted by molar-refractivity contribution is -0.133. The van der Waals surface area contributed by atoms with Gasteiger partial charge in [-0.15, -0.1) is 0 Å². The van der Waals surface area contributed by atoms with Crippen molar-refractivity contribution in [2.24, 2.45) is 5.92 Å². The number of fused-ring (bicyclic) bond motifs is 3. The maximum absolute atomic E-state index is 13.4. The van der Waals surface area contributed by atoms with Crippen molar-refractivity contribution in [1.82, 2.24) is 19.4 Å². The van der Waals surface area contributed by atoms with Gasteiger partial charge in [-0.25, -0.2) is 4.98 Å². The van der Waals surface area contributed by atoms with E-state index < -0.39 is 5.54 Å². The quantitative estimate of drug-likeness (QED) is 0.408. The second kappa shape index (κ2) is 10.2. The summed E-state index contributed by atoms with van der Waals surface area (Å²) in [7, 11) is 2.21. The second-order valence-electron chi connectivity index (χ2n) is 10.1. The zero-order valence-electron chi connectivity index (χ0n) is 20.8. The Morgan fingerprint density at radius 2 is 1.89 bits per heavy atom. The molecular weight excluding hydrogens is 456 g/mol. The molecule has 2 aliphatic rings. The topological polar surface area (TPSA) is 41.4 Å². The van der Waals surface area contributed by atoms with Crippen LogP contribution in [0.1, 0.15) is 50.2 Å². The minimum Gasteiger partial charge on any atom is -0.343 e. The molecule has 5 rings (SSSR count). The molecule has 2 aromatic carbocycles. The van der Waals surface area contributed by atoms with E-state index in [-0.39, 0.29) is 5.91 Å². The molecule has 1 amide bonds. The standard InChI is InChI=1S/C29H35ClN4O/c1-3-17-32(2)21-22-13-18-33(19-14-22)27(35)12-15-29(23-8-10-24(30)11-9-23)26-7-5-4-6-25(26)28-31-16-20-34(28)29/h4-11,16,20,22H,3,12-15,17-19,21H2,1-2H3. The molecule has 5 nitrogen and oxygen atoms in total. The minimum atomic E-state index is -0.468. The SMILES string of the molecule is CCCN(C)CC1CCN(C(=O)CCC2(c3ccc(Cl)cc3)c3ccccc3-c3nccn32)CC1. The predicted molar refractivity (Wildman–Crippen MR) is 142 cm³/mol. The molecule has 0 aliphatic carbocycles. The van der Waals surface area contributed by atoms with Crippen LogP contribution in [0.4, 0.5) is 0 Å². The maximum atomic E-state index is 13.4. The Bertz CT molecular complexity index is 1170. The highest BCUT2D eigenvalue weighted by Crippen LogP contribution is 2.49. The summed E-state index contributed by atoms with van der Waals surface area (Å²) >= 11 is 6.25. The Morgan fingerprint density at radius 3 is 2.63 bits per heavy atom. The number of aromatic nitrogens is 2. The molecule has 184 valence electrons. The van der Waals surface area contributed by atoms with E-state index in [4.69, 9.17) is 11.6 Å². The number of halogens is 1. The highest BCUT2D eigenvalue weighted by molar-refractivity contribution is 6.30. The van der Waals surface area contributed by atoms with Crippen molar-refractivity contribution in [1.29, 1.82) is 0 Å². The third-order valence-corrected chi connectivity index (χ3v) is 8.08. The number of carbonyl (C=O) groups is 1. The third-order valence-electron chi connectivity index (χ3n) is 7.83. The lowest BCUT2D eigenvalue weighted by Gasteiger charge is -2.36. The highest BCUT2D eigenvalue weighted by Gasteiger charge is 2.45. The summed E-state index contributed by atoms with van der Waals surface area (Å²) in [5.74, 6) is 1.90. The van der Waals surface area contributed by atoms with Gasteiger partial charge in [0.25, 0.3) is 0 Å². The smallest absolute Gasteiger partial charge is 0.222 e. The van der Waals surface area contributed by atoms with E-state index in [1.54, 1.807) is 0 Å². The van der Waals surface area contributed by atoms with Crippen molar-refractivity contribution >= 4 is 17.5 Å². The van der Waals surface area contributed by atoms with Gasteiger partial charge in [-0.3, -0.25) is 4.79 Å². The van der Waals surface area contributed by atoms with Crippen LogP contribution >= 0.6 is 11.6 Å². The fraction of sp³-hybridized carbons (Fsp3) is 0.448. The summed E-state index contributed by atoms with van der Waals surface area (Å²) in [5, 5.41) is 0.713. The zero-order chi connectivity index (χ0) is 24.4. The van der Waals surface area contributed by atoms with Crippen molar-refractivity contribution in [3.8, 4) is 11.4 Å². The monoisotopic (exact) mass is 490 g/mol. The molecular formula is C29H35ClN4O. The number of hydrogen-bond acceptors (Lipinski definition) is 3. The van der Waals surface area contributed by atoms with E-state index in [1.807, 2.05) is 24.5 Å². The molecule has 6 heteroatoms. The molecule has 1 aromatic heterocycles. The van der Waals surface area contributed by atoms with Gasteiger partial charge in [0, 0.05) is 49.0 Å². The van der Waals surface area contributed by atoms with Crippen molar-refractivity contribution in [3.05, 3.63) is 77.1 Å². The summed E-state index contributed by atoms with van der Waals surface area (Å²) in [6, 6.07) is 16.5. The first-order valence-electron chi connectivity index (χ1n) is 12.9. The molecule has 0 N–H and O–H groups in total. The van der Waals surface area contributed by atoms with E-state index in [9.17, 15) is 4.79 Å². The Labute approximate surface area is 213 Å². The number of piperidine rings is 1. The number of hydrogen-bond donors (Lipinski definition) is 0. The number of carbonyl (C=O) groups excluding carboxylic acids is 1. The number of imidazole rings is 1. The fourth-order valence-electron chi connectivity index (χ4n) is 6.12. The number of nitrogens with zero attached hydrogens (tertiary/aromatic N) is 4. The van der Waals surface area contributed by atoms with Gasteiger partial charge in [0.05, 0.1) is 5.54 Å². The first kappa shape index (κ1) is 24.1. The number of amides is 1. The number of rotatable bonds is 8. The zero-order valence-corrected chi connectivity index (χ0v) is 21.5. The molecule has 3 aromatic rings. The van der Waals surface area contributed by atoms with Crippen molar-refractivity contribution in [2.75, 3.05) is 33.2 Å². The minimum absolute atomic E-state index is 0.254. The highest BCUT2D eigenvalue weighted by atomic mass is 35.5. The van der Waals surface area contributed by atoms with E-state index in [0.717, 1.165) is 56.0 Å². The second-order valence-corrected chi connectivity index (χ2v) is 10.6. The molecule has 0 bridgehead atoms. The Kier molecular flexibility index (Phi) is 6.99. The van der Waals surface area contributed by atoms with Crippen LogP contribution in [0, 0.1) is 5.92 Å². The van der Waals surface area contributed by atoms with Gasteiger partial charge in [-0.05, 0) is 68.5 Å². The van der Waals surface area contributed by atoms with E-state index >= 15 is 0 Å². The van der Waals surface area contributed by atoms with Gasteiger partial charge < -0.3 is 14.4 Å². The van der Waals surface area contributed by atoms with Gasteiger partial charge >= 0.3 is 0 Å². The van der Waals surface area contributed by atoms with Crippen LogP contribution in [0.25, 0.3) is 11.4 Å². The molecule has 1 unspecified atom stereocenters. The van der Waals surface area contributed by atoms with E-state index in [1.165, 1.54) is 12.0 Å². The number of likely N-dealkylation sites (tertiary alicyclic amines) is 1. The van der Waals surface area contributed by atoms with Crippen LogP contribution in [0.3, 0.4) is 0 Å². The van der Waals surface area contributed by atoms with Crippen molar-refractivity contribution in [2.45, 2.75) is 44.6 Å². The van der Waals surface area contributed by atoms with Crippen LogP contribution in [0.5, 0.6) is 0 Å². The first-order chi connectivity index (χ1) is 17.0. The third kappa shape index (κ3) is 4.52. The van der Waals surface area contributed by atoms with Crippen LogP contribution in [0.15, 0.2) is 60.9 Å². The maximum Gasteiger partial charge on any atom is 0.222 e. The van der Waals surface area contributed by atoms with Gasteiger partial charge in [-0.1, -0.05) is 54.9 Å². The van der Waals surface area contributed by atoms with E-state index in [2.05, 4.69) is 69.7 Å². The predicted octanol–water partition coefficient (Wildman–Crippen LogP) is 5.67. The van der Waals surface area contributed by atoms with E-state index in [0.29, 0.717) is 23.8 Å². The van der Waals surface area contributed by atoms with Crippen molar-refractivity contribution in [3.63, 3.8) is 0 Å². The average Bonchev–Trinajstić information content (AvgIpc) is 3.45. The molecule has 1 atom stereocenters. The van der Waals surface area contributed by atoms with Crippen LogP contribution in [-0.2, 0) is 10.3 Å². The van der Waals surface area contributed by atoms with Gasteiger partial charge in [0.1, 0.15) is 5.82 Å². The average molecular weight is 491 g/mol. The molecule has 35 heavy (non-hydrogen) atoms. The van der Waals surface area contributed by atoms with Gasteiger partial charge in [0.2, 0.25) is 5.91 Å². The van der Waals surface area contributed by atoms with Crippen molar-refractivity contribution < 1.29 is 4.79 Å². The molecule has 0 spiro atoms. The molecule has 2 aliphatic heterocycles. The summed E-state index contributed by atoms with van der Waals surface area (Å²) in [4.78, 5) is 22.6. The molecule has 0 radical (unpaired) electrons. The summed E-state index contributed by atoms with van der Waals surface area (Å²) in [5.41, 5.74) is 3.01. The molecule has 3 heterocycles.